The second kappa shape index (κ2) is 6.01. The first-order valence-electron chi connectivity index (χ1n) is 7.66. The van der Waals surface area contributed by atoms with Crippen molar-refractivity contribution in [2.24, 2.45) is 0 Å². The topological polar surface area (TPSA) is 43.6 Å². The minimum absolute atomic E-state index is 0.0194. The number of pyridine rings is 1. The second-order valence-electron chi connectivity index (χ2n) is 5.48. The molecule has 1 atom stereocenters. The summed E-state index contributed by atoms with van der Waals surface area (Å²) in [7, 11) is 0. The zero-order valence-corrected chi connectivity index (χ0v) is 12.6. The molecule has 4 rings (SSSR count). The van der Waals surface area contributed by atoms with Crippen LogP contribution in [0.15, 0.2) is 79.0 Å². The molecule has 2 heterocycles. The first-order valence-corrected chi connectivity index (χ1v) is 7.66. The molecule has 1 unspecified atom stereocenters. The van der Waals surface area contributed by atoms with Crippen molar-refractivity contribution in [1.82, 2.24) is 20.0 Å². The fraction of sp³-hybridized carbons (Fsp3) is 0.105. The lowest BCUT2D eigenvalue weighted by molar-refractivity contribution is 0.507. The third kappa shape index (κ3) is 2.71. The number of fused-ring (bicyclic) bond motifs is 1. The Morgan fingerprint density at radius 3 is 2.43 bits per heavy atom. The molecule has 0 fully saturated rings. The van der Waals surface area contributed by atoms with Gasteiger partial charge in [0.15, 0.2) is 0 Å². The van der Waals surface area contributed by atoms with Crippen LogP contribution in [0, 0.1) is 0 Å². The zero-order valence-electron chi connectivity index (χ0n) is 12.6. The van der Waals surface area contributed by atoms with Crippen molar-refractivity contribution in [2.75, 3.05) is 0 Å². The minimum Gasteiger partial charge on any atom is -0.259 e. The standard InChI is InChI=1S/C19H16N4/c1-2-8-15(9-3-1)14-19(16-10-6-7-13-20-16)23-18-12-5-4-11-17(18)21-22-23/h1-13,19H,14H2. The molecule has 0 amide bonds. The van der Waals surface area contributed by atoms with Crippen molar-refractivity contribution in [2.45, 2.75) is 12.5 Å². The molecule has 4 nitrogen and oxygen atoms in total. The molecule has 0 spiro atoms. The van der Waals surface area contributed by atoms with Gasteiger partial charge >= 0.3 is 0 Å². The Balaban J connectivity index is 1.82. The van der Waals surface area contributed by atoms with Crippen LogP contribution in [0.5, 0.6) is 0 Å². The van der Waals surface area contributed by atoms with Gasteiger partial charge in [-0.2, -0.15) is 0 Å². The third-order valence-corrected chi connectivity index (χ3v) is 3.97. The summed E-state index contributed by atoms with van der Waals surface area (Å²) in [6, 6.07) is 24.5. The predicted molar refractivity (Wildman–Crippen MR) is 90.1 cm³/mol. The van der Waals surface area contributed by atoms with Gasteiger partial charge in [-0.3, -0.25) is 4.98 Å². The molecule has 0 radical (unpaired) electrons. The molecule has 2 aromatic carbocycles. The summed E-state index contributed by atoms with van der Waals surface area (Å²) in [6.07, 6.45) is 2.65. The van der Waals surface area contributed by atoms with E-state index in [0.29, 0.717) is 0 Å². The van der Waals surface area contributed by atoms with Crippen molar-refractivity contribution in [3.63, 3.8) is 0 Å². The largest absolute Gasteiger partial charge is 0.259 e. The number of benzene rings is 2. The fourth-order valence-electron chi connectivity index (χ4n) is 2.84. The van der Waals surface area contributed by atoms with Crippen LogP contribution in [0.25, 0.3) is 11.0 Å². The van der Waals surface area contributed by atoms with Crippen molar-refractivity contribution in [3.8, 4) is 0 Å². The molecule has 0 aliphatic heterocycles. The molecular formula is C19H16N4. The Morgan fingerprint density at radius 2 is 1.61 bits per heavy atom. The average molecular weight is 300 g/mol. The fourth-order valence-corrected chi connectivity index (χ4v) is 2.84. The Hall–Kier alpha value is -3.01. The smallest absolute Gasteiger partial charge is 0.113 e. The summed E-state index contributed by atoms with van der Waals surface area (Å²) in [5.74, 6) is 0. The van der Waals surface area contributed by atoms with Crippen LogP contribution in [0.1, 0.15) is 17.3 Å². The zero-order chi connectivity index (χ0) is 15.5. The van der Waals surface area contributed by atoms with E-state index in [1.807, 2.05) is 53.3 Å². The molecule has 23 heavy (non-hydrogen) atoms. The van der Waals surface area contributed by atoms with Gasteiger partial charge in [0.2, 0.25) is 0 Å². The highest BCUT2D eigenvalue weighted by atomic mass is 15.4. The van der Waals surface area contributed by atoms with E-state index >= 15 is 0 Å². The van der Waals surface area contributed by atoms with Gasteiger partial charge < -0.3 is 0 Å². The Morgan fingerprint density at radius 1 is 0.826 bits per heavy atom. The number of hydrogen-bond acceptors (Lipinski definition) is 3. The van der Waals surface area contributed by atoms with E-state index in [4.69, 9.17) is 0 Å². The van der Waals surface area contributed by atoms with Gasteiger partial charge in [0, 0.05) is 12.6 Å². The van der Waals surface area contributed by atoms with Crippen LogP contribution < -0.4 is 0 Å². The van der Waals surface area contributed by atoms with E-state index in [-0.39, 0.29) is 6.04 Å². The molecule has 0 aliphatic rings. The molecule has 4 aromatic rings. The average Bonchev–Trinajstić information content (AvgIpc) is 3.05. The summed E-state index contributed by atoms with van der Waals surface area (Å²) in [5.41, 5.74) is 4.18. The Kier molecular flexibility index (Phi) is 3.56. The van der Waals surface area contributed by atoms with E-state index in [0.717, 1.165) is 23.1 Å². The van der Waals surface area contributed by atoms with Crippen molar-refractivity contribution in [1.29, 1.82) is 0 Å². The van der Waals surface area contributed by atoms with Gasteiger partial charge in [-0.15, -0.1) is 5.10 Å². The van der Waals surface area contributed by atoms with Crippen molar-refractivity contribution >= 4 is 11.0 Å². The van der Waals surface area contributed by atoms with Crippen LogP contribution in [-0.2, 0) is 6.42 Å². The van der Waals surface area contributed by atoms with E-state index in [1.54, 1.807) is 0 Å². The van der Waals surface area contributed by atoms with Gasteiger partial charge in [-0.1, -0.05) is 53.7 Å². The van der Waals surface area contributed by atoms with Crippen LogP contribution in [0.2, 0.25) is 0 Å². The maximum atomic E-state index is 4.55. The number of hydrogen-bond donors (Lipinski definition) is 0. The quantitative estimate of drug-likeness (QED) is 0.577. The summed E-state index contributed by atoms with van der Waals surface area (Å²) in [5, 5.41) is 8.69. The third-order valence-electron chi connectivity index (χ3n) is 3.97. The molecule has 0 N–H and O–H groups in total. The summed E-state index contributed by atoms with van der Waals surface area (Å²) >= 11 is 0. The molecule has 4 heteroatoms. The van der Waals surface area contributed by atoms with Gasteiger partial charge in [0.05, 0.1) is 11.2 Å². The number of para-hydroxylation sites is 1. The maximum Gasteiger partial charge on any atom is 0.113 e. The normalized spacial score (nSPS) is 12.3. The molecule has 112 valence electrons. The first-order chi connectivity index (χ1) is 11.4. The second-order valence-corrected chi connectivity index (χ2v) is 5.48. The Bertz CT molecular complexity index is 900. The molecular weight excluding hydrogens is 284 g/mol. The monoisotopic (exact) mass is 300 g/mol. The van der Waals surface area contributed by atoms with Crippen molar-refractivity contribution in [3.05, 3.63) is 90.3 Å². The molecule has 0 bridgehead atoms. The van der Waals surface area contributed by atoms with E-state index in [2.05, 4.69) is 45.6 Å². The lowest BCUT2D eigenvalue weighted by Gasteiger charge is -2.17. The summed E-state index contributed by atoms with van der Waals surface area (Å²) in [6.45, 7) is 0. The van der Waals surface area contributed by atoms with Gasteiger partial charge in [-0.05, 0) is 29.8 Å². The molecule has 0 saturated carbocycles. The van der Waals surface area contributed by atoms with E-state index < -0.39 is 0 Å². The van der Waals surface area contributed by atoms with Crippen LogP contribution >= 0.6 is 0 Å². The SMILES string of the molecule is c1ccc(CC(c2ccccn2)n2nnc3ccccc32)cc1. The van der Waals surface area contributed by atoms with E-state index in [1.165, 1.54) is 5.56 Å². The highest BCUT2D eigenvalue weighted by Gasteiger charge is 2.19. The minimum atomic E-state index is 0.0194. The van der Waals surface area contributed by atoms with Crippen LogP contribution in [0.4, 0.5) is 0 Å². The van der Waals surface area contributed by atoms with Gasteiger partial charge in [0.25, 0.3) is 0 Å². The van der Waals surface area contributed by atoms with Crippen LogP contribution in [-0.4, -0.2) is 20.0 Å². The number of nitrogens with zero attached hydrogens (tertiary/aromatic N) is 4. The van der Waals surface area contributed by atoms with Crippen LogP contribution in [0.3, 0.4) is 0 Å². The van der Waals surface area contributed by atoms with Gasteiger partial charge in [-0.25, -0.2) is 4.68 Å². The van der Waals surface area contributed by atoms with Crippen molar-refractivity contribution < 1.29 is 0 Å². The summed E-state index contributed by atoms with van der Waals surface area (Å²) in [4.78, 5) is 4.55. The lowest BCUT2D eigenvalue weighted by atomic mass is 10.0. The molecule has 2 aromatic heterocycles. The first kappa shape index (κ1) is 13.6. The highest BCUT2D eigenvalue weighted by molar-refractivity contribution is 5.74. The Labute approximate surface area is 134 Å². The number of rotatable bonds is 4. The highest BCUT2D eigenvalue weighted by Crippen LogP contribution is 2.24. The lowest BCUT2D eigenvalue weighted by Crippen LogP contribution is -2.16. The van der Waals surface area contributed by atoms with E-state index in [9.17, 15) is 0 Å². The maximum absolute atomic E-state index is 4.55. The molecule has 0 aliphatic carbocycles. The number of aromatic nitrogens is 4. The molecule has 0 saturated heterocycles. The van der Waals surface area contributed by atoms with Gasteiger partial charge in [0.1, 0.15) is 11.6 Å². The summed E-state index contributed by atoms with van der Waals surface area (Å²) < 4.78 is 1.98. The predicted octanol–water partition coefficient (Wildman–Crippen LogP) is 3.66.